The molecule has 50 atom stereocenters. The Hall–Kier alpha value is -4.00. The molecule has 0 radical (unpaired) electrons. The lowest BCUT2D eigenvalue weighted by Gasteiger charge is -2.52. The molecular weight excluding hydrogens is 1690 g/mol. The summed E-state index contributed by atoms with van der Waals surface area (Å²) in [5.74, 6) is -3.86. The summed E-state index contributed by atoms with van der Waals surface area (Å²) in [6, 6.07) is -7.85. The molecule has 0 bridgehead atoms. The number of aliphatic hydroxyl groups excluding tert-OH is 28. The third-order valence-electron chi connectivity index (χ3n) is 22.5. The number of carbonyl (C=O) groups excluding carboxylic acids is 4. The molecule has 1 unspecified atom stereocenters. The molecule has 10 heterocycles. The summed E-state index contributed by atoms with van der Waals surface area (Å²) in [4.78, 5) is 51.8. The molecule has 0 aliphatic carbocycles. The Morgan fingerprint density at radius 1 is 0.211 bits per heavy atom. The molecule has 0 saturated carbocycles. The zero-order valence-electron chi connectivity index (χ0n) is 65.9. The van der Waals surface area contributed by atoms with E-state index in [9.17, 15) is 162 Å². The lowest BCUT2D eigenvalue weighted by atomic mass is 9.93. The standard InChI is InChI=1S/C68H114N4O51/c1-15(82)69-29-38(91)51(23(9-77)106-59(29)104)120-66-50(103)56(37(90)28(115-66)14-105-67-57(45(98)36(89)22(8-76)110-67)122-61-31(71-17(3)84)40(93)53(25(11-79)112-61)118-64-47(100)43(96)34(87)20(6-74)108-64)121-68-58(123-62-32(72-18(4)85)41(94)54(26(12-80)113-62)119-65-48(101)44(97)35(88)21(7-75)109-65)49(102)55(27(13-81)114-68)116-60-30(70-16(2)83)39(92)52(24(10-78)111-60)117-63-46(99)42(95)33(86)19(5-73)107-63/h19-68,73-81,86-104H,5-14H2,1-4H3,(H,69,82)(H,70,83)(H,71,84)(H,72,85)/t19-,20-,21-,22-,23-,24-,25-,26-,27-,28-,29-,30-,31-,32+,33+,34+,35+,36-,37-,38-,39-,40-,41-,42+,43+,44+,45+,46-,47-,48-,49+,50+,51-,52-,53-,54-,55-,56+,57+,58+,59?,60+,61+,62+,63+,64+,65+,66+,67+,68-/m1/s1. The monoisotopic (exact) mass is 1800 g/mol. The van der Waals surface area contributed by atoms with Crippen LogP contribution in [0.5, 0.6) is 0 Å². The van der Waals surface area contributed by atoms with Gasteiger partial charge in [0.05, 0.1) is 66.1 Å². The predicted octanol–water partition coefficient (Wildman–Crippen LogP) is -22.2. The fraction of sp³-hybridized carbons (Fsp3) is 0.941. The van der Waals surface area contributed by atoms with Crippen molar-refractivity contribution in [2.24, 2.45) is 0 Å². The Bertz CT molecular complexity index is 3310. The van der Waals surface area contributed by atoms with E-state index >= 15 is 0 Å². The topological polar surface area (TPSA) is 858 Å². The highest BCUT2D eigenvalue weighted by molar-refractivity contribution is 5.74. The second-order valence-corrected chi connectivity index (χ2v) is 31.0. The van der Waals surface area contributed by atoms with E-state index in [1.807, 2.05) is 0 Å². The fourth-order valence-electron chi connectivity index (χ4n) is 15.9. The van der Waals surface area contributed by atoms with Crippen LogP contribution in [0, 0.1) is 0 Å². The Kier molecular flexibility index (Phi) is 36.4. The lowest BCUT2D eigenvalue weighted by Crippen LogP contribution is -2.71. The first kappa shape index (κ1) is 101. The second kappa shape index (κ2) is 44.3. The highest BCUT2D eigenvalue weighted by Gasteiger charge is 2.62. The highest BCUT2D eigenvalue weighted by atomic mass is 16.8. The third-order valence-corrected chi connectivity index (χ3v) is 22.5. The molecule has 0 aromatic rings. The molecule has 10 fully saturated rings. The Morgan fingerprint density at radius 3 is 0.780 bits per heavy atom. The molecule has 4 amide bonds. The van der Waals surface area contributed by atoms with Crippen molar-refractivity contribution in [3.05, 3.63) is 0 Å². The molecule has 55 heteroatoms. The van der Waals surface area contributed by atoms with E-state index in [2.05, 4.69) is 21.3 Å². The van der Waals surface area contributed by atoms with Gasteiger partial charge >= 0.3 is 0 Å². The van der Waals surface area contributed by atoms with Crippen molar-refractivity contribution in [2.45, 2.75) is 335 Å². The van der Waals surface area contributed by atoms with Gasteiger partial charge in [-0.3, -0.25) is 19.2 Å². The quantitative estimate of drug-likeness (QED) is 0.0297. The molecular formula is C68H114N4O51. The number of hydrogen-bond acceptors (Lipinski definition) is 51. The summed E-state index contributed by atoms with van der Waals surface area (Å²) in [5.41, 5.74) is 0. The van der Waals surface area contributed by atoms with E-state index in [1.165, 1.54) is 0 Å². The summed E-state index contributed by atoms with van der Waals surface area (Å²) in [6.07, 6.45) is -98.3. The largest absolute Gasteiger partial charge is 0.394 e. The van der Waals surface area contributed by atoms with E-state index in [1.54, 1.807) is 0 Å². The molecule has 0 aromatic carbocycles. The lowest BCUT2D eigenvalue weighted by molar-refractivity contribution is -0.406. The van der Waals surface area contributed by atoms with Crippen LogP contribution in [0.1, 0.15) is 27.7 Å². The van der Waals surface area contributed by atoms with Crippen LogP contribution in [0.4, 0.5) is 0 Å². The van der Waals surface area contributed by atoms with Crippen molar-refractivity contribution in [1.29, 1.82) is 0 Å². The molecule has 55 nitrogen and oxygen atoms in total. The maximum Gasteiger partial charge on any atom is 0.217 e. The van der Waals surface area contributed by atoms with Crippen LogP contribution in [0.3, 0.4) is 0 Å². The fourth-order valence-corrected chi connectivity index (χ4v) is 15.9. The first-order valence-electron chi connectivity index (χ1n) is 39.1. The number of ether oxygens (including phenoxy) is 19. The summed E-state index contributed by atoms with van der Waals surface area (Å²) in [7, 11) is 0. The van der Waals surface area contributed by atoms with Crippen molar-refractivity contribution in [1.82, 2.24) is 21.3 Å². The number of aliphatic hydroxyl groups is 28. The zero-order valence-corrected chi connectivity index (χ0v) is 65.9. The zero-order chi connectivity index (χ0) is 90.5. The van der Waals surface area contributed by atoms with E-state index < -0.39 is 397 Å². The van der Waals surface area contributed by atoms with E-state index in [-0.39, 0.29) is 0 Å². The normalized spacial score (nSPS) is 49.4. The predicted molar refractivity (Wildman–Crippen MR) is 376 cm³/mol. The van der Waals surface area contributed by atoms with Crippen molar-refractivity contribution in [3.63, 3.8) is 0 Å². The van der Waals surface area contributed by atoms with Crippen molar-refractivity contribution < 1.29 is 252 Å². The molecule has 0 spiro atoms. The summed E-state index contributed by atoms with van der Waals surface area (Å²) in [5, 5.41) is 321. The Morgan fingerprint density at radius 2 is 0.447 bits per heavy atom. The molecule has 10 aliphatic heterocycles. The third kappa shape index (κ3) is 22.3. The molecule has 32 N–H and O–H groups in total. The smallest absolute Gasteiger partial charge is 0.217 e. The number of carbonyl (C=O) groups is 4. The van der Waals surface area contributed by atoms with Gasteiger partial charge in [-0.05, 0) is 0 Å². The van der Waals surface area contributed by atoms with Crippen LogP contribution in [0.15, 0.2) is 0 Å². The van der Waals surface area contributed by atoms with Gasteiger partial charge in [0.25, 0.3) is 0 Å². The number of amides is 4. The summed E-state index contributed by atoms with van der Waals surface area (Å²) < 4.78 is 113. The van der Waals surface area contributed by atoms with Gasteiger partial charge < -0.3 is 254 Å². The van der Waals surface area contributed by atoms with Crippen molar-refractivity contribution in [3.8, 4) is 0 Å². The van der Waals surface area contributed by atoms with Crippen LogP contribution < -0.4 is 21.3 Å². The average molecular weight is 1800 g/mol. The molecule has 10 saturated heterocycles. The number of nitrogens with one attached hydrogen (secondary N) is 4. The molecule has 123 heavy (non-hydrogen) atoms. The van der Waals surface area contributed by atoms with Gasteiger partial charge in [0.2, 0.25) is 23.6 Å². The first-order chi connectivity index (χ1) is 58.2. The summed E-state index contributed by atoms with van der Waals surface area (Å²) in [6.45, 7) is -7.70. The number of hydrogen-bond donors (Lipinski definition) is 32. The van der Waals surface area contributed by atoms with Gasteiger partial charge in [-0.25, -0.2) is 0 Å². The minimum atomic E-state index is -2.63. The SMILES string of the molecule is CC(=O)N[C@@H]1[C@H](O[C@@H]2[C@@H](O[C@@H]3[C@H](O)[C@H](O[C@H]4[C@H](O)[C@@H](NC(C)=O)C(O)O[C@@H]4CO)O[C@H](CO[C@H]4O[C@H](CO)[C@@H](O)[C@H](O)[C@@H]4O[C@@H]4O[C@H](CO)[C@@H](O[C@@H]5O[C@H](CO)[C@H](O)[C@H](O)[C@H]5O)[C@H](O)[C@H]4NC(C)=O)[C@H]3O)O[C@H](CO)[C@@H](O[C@@H]3O[C@H](CO)[C@@H](O[C@@H]4O[C@H](CO)[C@H](O)[C@H](O)[C@H]4O)[C@H](O)[C@H]3NC(C)=O)[C@@H]2O)O[C@H](CO)[C@@H](O[C@@H]2O[C@H](CO)[C@H](O)[C@H](O)[C@H]2O)[C@@H]1O. The van der Waals surface area contributed by atoms with Gasteiger partial charge in [0, 0.05) is 27.7 Å². The van der Waals surface area contributed by atoms with Crippen LogP contribution in [0.25, 0.3) is 0 Å². The van der Waals surface area contributed by atoms with Crippen LogP contribution >= 0.6 is 0 Å². The van der Waals surface area contributed by atoms with Gasteiger partial charge in [-0.15, -0.1) is 0 Å². The Balaban J connectivity index is 1.02. The van der Waals surface area contributed by atoms with Crippen LogP contribution in [-0.4, -0.2) is 539 Å². The highest BCUT2D eigenvalue weighted by Crippen LogP contribution is 2.41. The molecule has 712 valence electrons. The van der Waals surface area contributed by atoms with Crippen molar-refractivity contribution in [2.75, 3.05) is 66.1 Å². The minimum absolute atomic E-state index is 0.886. The van der Waals surface area contributed by atoms with E-state index in [0.29, 0.717) is 0 Å². The van der Waals surface area contributed by atoms with Crippen LogP contribution in [-0.2, 0) is 109 Å². The van der Waals surface area contributed by atoms with Gasteiger partial charge in [-0.1, -0.05) is 0 Å². The van der Waals surface area contributed by atoms with Gasteiger partial charge in [-0.2, -0.15) is 0 Å². The molecule has 0 aromatic heterocycles. The maximum atomic E-state index is 13.3. The van der Waals surface area contributed by atoms with E-state index in [4.69, 9.17) is 90.0 Å². The van der Waals surface area contributed by atoms with Crippen LogP contribution in [0.2, 0.25) is 0 Å². The van der Waals surface area contributed by atoms with E-state index in [0.717, 1.165) is 27.7 Å². The van der Waals surface area contributed by atoms with Gasteiger partial charge in [0.15, 0.2) is 62.9 Å². The minimum Gasteiger partial charge on any atom is -0.394 e. The average Bonchev–Trinajstić information content (AvgIpc) is 0.825. The second-order valence-electron chi connectivity index (χ2n) is 31.0. The maximum absolute atomic E-state index is 13.3. The van der Waals surface area contributed by atoms with Crippen molar-refractivity contribution >= 4 is 23.6 Å². The summed E-state index contributed by atoms with van der Waals surface area (Å²) >= 11 is 0. The Labute approximate surface area is 695 Å². The van der Waals surface area contributed by atoms with Gasteiger partial charge in [0.1, 0.15) is 244 Å². The molecule has 10 rings (SSSR count). The molecule has 10 aliphatic rings. The number of rotatable bonds is 32. The first-order valence-corrected chi connectivity index (χ1v) is 39.1.